The molecule has 0 fully saturated rings. The summed E-state index contributed by atoms with van der Waals surface area (Å²) in [7, 11) is 1.86. The quantitative estimate of drug-likeness (QED) is 0.725. The number of aryl methyl sites for hydroxylation is 1. The number of nitrogens with two attached hydrogens (primary N) is 1. The lowest BCUT2D eigenvalue weighted by molar-refractivity contribution is 0.243. The van der Waals surface area contributed by atoms with Crippen LogP contribution >= 0.6 is 0 Å². The molecule has 3 rings (SSSR count). The van der Waals surface area contributed by atoms with Crippen LogP contribution in [0.1, 0.15) is 5.89 Å². The molecule has 20 heavy (non-hydrogen) atoms. The van der Waals surface area contributed by atoms with Gasteiger partial charge < -0.3 is 19.6 Å². The van der Waals surface area contributed by atoms with Crippen LogP contribution in [-0.2, 0) is 13.7 Å². The minimum atomic E-state index is 0.196. The number of ether oxygens (including phenoxy) is 1. The molecule has 7 heteroatoms. The molecule has 0 aliphatic carbocycles. The lowest BCUT2D eigenvalue weighted by atomic mass is 10.3. The van der Waals surface area contributed by atoms with Crippen LogP contribution in [0.2, 0.25) is 0 Å². The highest BCUT2D eigenvalue weighted by Gasteiger charge is 2.12. The molecular formula is C13H13N5O2. The summed E-state index contributed by atoms with van der Waals surface area (Å²) in [6.07, 6.45) is 3.49. The van der Waals surface area contributed by atoms with Crippen molar-refractivity contribution in [3.05, 3.63) is 42.5 Å². The van der Waals surface area contributed by atoms with Crippen LogP contribution in [0.15, 0.2) is 41.2 Å². The first-order valence-electron chi connectivity index (χ1n) is 6.01. The van der Waals surface area contributed by atoms with Crippen molar-refractivity contribution in [2.24, 2.45) is 7.05 Å². The summed E-state index contributed by atoms with van der Waals surface area (Å²) in [6.45, 7) is 0.196. The van der Waals surface area contributed by atoms with Crippen molar-refractivity contribution >= 4 is 5.69 Å². The Kier molecular flexibility index (Phi) is 3.08. The van der Waals surface area contributed by atoms with Crippen LogP contribution in [0, 0.1) is 0 Å². The van der Waals surface area contributed by atoms with Crippen molar-refractivity contribution in [2.45, 2.75) is 6.61 Å². The smallest absolute Gasteiger partial charge is 0.264 e. The lowest BCUT2D eigenvalue weighted by Crippen LogP contribution is -1.97. The number of nitrogens with zero attached hydrogens (tertiary/aromatic N) is 4. The van der Waals surface area contributed by atoms with Gasteiger partial charge in [-0.25, -0.2) is 4.98 Å². The first kappa shape index (κ1) is 12.2. The van der Waals surface area contributed by atoms with Crippen molar-refractivity contribution < 1.29 is 9.26 Å². The third-order valence-corrected chi connectivity index (χ3v) is 2.73. The van der Waals surface area contributed by atoms with Crippen LogP contribution in [-0.4, -0.2) is 19.7 Å². The van der Waals surface area contributed by atoms with Gasteiger partial charge in [0.25, 0.3) is 5.89 Å². The molecule has 3 aromatic rings. The highest BCUT2D eigenvalue weighted by molar-refractivity contribution is 5.42. The fraction of sp³-hybridized carbons (Fsp3) is 0.154. The minimum absolute atomic E-state index is 0.196. The maximum atomic E-state index is 5.60. The molecule has 2 aromatic heterocycles. The van der Waals surface area contributed by atoms with Crippen molar-refractivity contribution in [1.29, 1.82) is 0 Å². The average molecular weight is 271 g/mol. The van der Waals surface area contributed by atoms with E-state index in [2.05, 4.69) is 15.1 Å². The summed E-state index contributed by atoms with van der Waals surface area (Å²) in [5.74, 6) is 2.16. The molecular weight excluding hydrogens is 258 g/mol. The highest BCUT2D eigenvalue weighted by atomic mass is 16.5. The highest BCUT2D eigenvalue weighted by Crippen LogP contribution is 2.16. The predicted molar refractivity (Wildman–Crippen MR) is 71.7 cm³/mol. The molecule has 102 valence electrons. The molecule has 0 bridgehead atoms. The molecule has 0 atom stereocenters. The second-order valence-electron chi connectivity index (χ2n) is 4.23. The molecule has 0 saturated carbocycles. The second kappa shape index (κ2) is 5.04. The van der Waals surface area contributed by atoms with Crippen LogP contribution in [0.4, 0.5) is 5.69 Å². The van der Waals surface area contributed by atoms with Crippen molar-refractivity contribution in [3.8, 4) is 17.4 Å². The molecule has 1 aromatic carbocycles. The van der Waals surface area contributed by atoms with Gasteiger partial charge in [-0.15, -0.1) is 0 Å². The third kappa shape index (κ3) is 2.46. The summed E-state index contributed by atoms with van der Waals surface area (Å²) < 4.78 is 12.5. The Hall–Kier alpha value is -2.83. The minimum Gasteiger partial charge on any atom is -0.484 e. The monoisotopic (exact) mass is 271 g/mol. The topological polar surface area (TPSA) is 92.0 Å². The van der Waals surface area contributed by atoms with Crippen LogP contribution in [0.3, 0.4) is 0 Å². The van der Waals surface area contributed by atoms with Gasteiger partial charge in [0.2, 0.25) is 5.82 Å². The Balaban J connectivity index is 1.69. The number of imidazole rings is 1. The SMILES string of the molecule is Cn1ccnc1-c1noc(COc2ccc(N)cc2)n1. The zero-order valence-electron chi connectivity index (χ0n) is 10.9. The molecule has 0 radical (unpaired) electrons. The van der Waals surface area contributed by atoms with E-state index in [1.807, 2.05) is 17.8 Å². The molecule has 0 unspecified atom stereocenters. The van der Waals surface area contributed by atoms with E-state index in [1.54, 1.807) is 30.5 Å². The van der Waals surface area contributed by atoms with Crippen molar-refractivity contribution in [1.82, 2.24) is 19.7 Å². The number of rotatable bonds is 4. The van der Waals surface area contributed by atoms with E-state index in [-0.39, 0.29) is 6.61 Å². The first-order chi connectivity index (χ1) is 9.72. The Bertz CT molecular complexity index is 702. The van der Waals surface area contributed by atoms with Gasteiger partial charge >= 0.3 is 0 Å². The Morgan fingerprint density at radius 3 is 2.80 bits per heavy atom. The van der Waals surface area contributed by atoms with Crippen LogP contribution < -0.4 is 10.5 Å². The van der Waals surface area contributed by atoms with E-state index in [4.69, 9.17) is 15.0 Å². The summed E-state index contributed by atoms with van der Waals surface area (Å²) in [6, 6.07) is 7.10. The van der Waals surface area contributed by atoms with Gasteiger partial charge in [-0.05, 0) is 24.3 Å². The van der Waals surface area contributed by atoms with Gasteiger partial charge in [-0.2, -0.15) is 4.98 Å². The Labute approximate surface area is 115 Å². The molecule has 0 saturated heterocycles. The standard InChI is InChI=1S/C13H13N5O2/c1-18-7-6-15-13(18)12-16-11(20-17-12)8-19-10-4-2-9(14)3-5-10/h2-7H,8,14H2,1H3. The number of benzene rings is 1. The Morgan fingerprint density at radius 2 is 2.10 bits per heavy atom. The maximum absolute atomic E-state index is 5.60. The van der Waals surface area contributed by atoms with Gasteiger partial charge in [0.15, 0.2) is 12.4 Å². The van der Waals surface area contributed by atoms with Gasteiger partial charge in [-0.1, -0.05) is 5.16 Å². The molecule has 2 N–H and O–H groups in total. The number of hydrogen-bond acceptors (Lipinski definition) is 6. The summed E-state index contributed by atoms with van der Waals surface area (Å²) in [5, 5.41) is 3.88. The van der Waals surface area contributed by atoms with E-state index in [0.717, 1.165) is 0 Å². The van der Waals surface area contributed by atoms with Crippen molar-refractivity contribution in [3.63, 3.8) is 0 Å². The van der Waals surface area contributed by atoms with E-state index < -0.39 is 0 Å². The molecule has 0 amide bonds. The van der Waals surface area contributed by atoms with Crippen LogP contribution in [0.5, 0.6) is 5.75 Å². The van der Waals surface area contributed by atoms with Gasteiger partial charge in [-0.3, -0.25) is 0 Å². The van der Waals surface area contributed by atoms with Crippen LogP contribution in [0.25, 0.3) is 11.6 Å². The van der Waals surface area contributed by atoms with E-state index in [0.29, 0.717) is 29.0 Å². The second-order valence-corrected chi connectivity index (χ2v) is 4.23. The van der Waals surface area contributed by atoms with E-state index in [9.17, 15) is 0 Å². The number of aromatic nitrogens is 4. The number of nitrogen functional groups attached to an aromatic ring is 1. The lowest BCUT2D eigenvalue weighted by Gasteiger charge is -2.02. The largest absolute Gasteiger partial charge is 0.484 e. The zero-order valence-corrected chi connectivity index (χ0v) is 10.9. The maximum Gasteiger partial charge on any atom is 0.264 e. The normalized spacial score (nSPS) is 10.7. The number of anilines is 1. The van der Waals surface area contributed by atoms with E-state index in [1.165, 1.54) is 0 Å². The fourth-order valence-electron chi connectivity index (χ4n) is 1.69. The van der Waals surface area contributed by atoms with E-state index >= 15 is 0 Å². The van der Waals surface area contributed by atoms with Gasteiger partial charge in [0, 0.05) is 25.1 Å². The summed E-state index contributed by atoms with van der Waals surface area (Å²) in [5.41, 5.74) is 6.29. The fourth-order valence-corrected chi connectivity index (χ4v) is 1.69. The molecule has 2 heterocycles. The third-order valence-electron chi connectivity index (χ3n) is 2.73. The summed E-state index contributed by atoms with van der Waals surface area (Å²) >= 11 is 0. The van der Waals surface area contributed by atoms with Gasteiger partial charge in [0.1, 0.15) is 5.75 Å². The zero-order chi connectivity index (χ0) is 13.9. The number of hydrogen-bond donors (Lipinski definition) is 1. The Morgan fingerprint density at radius 1 is 1.30 bits per heavy atom. The molecule has 7 nitrogen and oxygen atoms in total. The molecule has 0 aliphatic heterocycles. The average Bonchev–Trinajstić information content (AvgIpc) is 3.06. The van der Waals surface area contributed by atoms with Crippen molar-refractivity contribution in [2.75, 3.05) is 5.73 Å². The first-order valence-corrected chi connectivity index (χ1v) is 6.01. The predicted octanol–water partition coefficient (Wildman–Crippen LogP) is 1.63. The molecule has 0 spiro atoms. The summed E-state index contributed by atoms with van der Waals surface area (Å²) in [4.78, 5) is 8.39. The van der Waals surface area contributed by atoms with Gasteiger partial charge in [0.05, 0.1) is 0 Å². The molecule has 0 aliphatic rings.